The number of benzene rings is 2. The Kier molecular flexibility index (Phi) is 5.21. The maximum atomic E-state index is 12.4. The second-order valence-corrected chi connectivity index (χ2v) is 8.50. The second kappa shape index (κ2) is 7.40. The van der Waals surface area contributed by atoms with Crippen molar-refractivity contribution >= 4 is 49.7 Å². The first-order valence-electron chi connectivity index (χ1n) is 7.34. The molecular weight excluding hydrogens is 396 g/mol. The van der Waals surface area contributed by atoms with Crippen molar-refractivity contribution in [1.82, 2.24) is 10.2 Å². The van der Waals surface area contributed by atoms with Gasteiger partial charge in [-0.3, -0.25) is 14.8 Å². The normalized spacial score (nSPS) is 11.2. The lowest BCUT2D eigenvalue weighted by atomic mass is 10.2. The van der Waals surface area contributed by atoms with Gasteiger partial charge in [-0.05, 0) is 36.8 Å². The summed E-state index contributed by atoms with van der Waals surface area (Å²) in [4.78, 5) is 12.1. The summed E-state index contributed by atoms with van der Waals surface area (Å²) in [6.45, 7) is 1.81. The molecule has 1 heterocycles. The van der Waals surface area contributed by atoms with Crippen LogP contribution in [0.5, 0.6) is 0 Å². The van der Waals surface area contributed by atoms with Crippen LogP contribution < -0.4 is 10.0 Å². The van der Waals surface area contributed by atoms with E-state index in [4.69, 9.17) is 11.6 Å². The lowest BCUT2D eigenvalue weighted by Gasteiger charge is -2.06. The van der Waals surface area contributed by atoms with Crippen LogP contribution in [0, 0.1) is 6.92 Å². The highest BCUT2D eigenvalue weighted by Gasteiger charge is 2.21. The number of nitrogens with one attached hydrogen (secondary N) is 2. The number of anilines is 2. The van der Waals surface area contributed by atoms with Gasteiger partial charge < -0.3 is 0 Å². The van der Waals surface area contributed by atoms with Crippen molar-refractivity contribution < 1.29 is 13.2 Å². The van der Waals surface area contributed by atoms with Crippen LogP contribution in [0.3, 0.4) is 0 Å². The van der Waals surface area contributed by atoms with Crippen LogP contribution >= 0.6 is 22.9 Å². The average molecular weight is 409 g/mol. The summed E-state index contributed by atoms with van der Waals surface area (Å²) < 4.78 is 26.9. The van der Waals surface area contributed by atoms with Crippen LogP contribution in [-0.2, 0) is 10.0 Å². The van der Waals surface area contributed by atoms with E-state index in [1.807, 2.05) is 6.92 Å². The molecule has 134 valence electrons. The molecule has 0 atom stereocenters. The fourth-order valence-corrected chi connectivity index (χ4v) is 4.11. The molecule has 26 heavy (non-hydrogen) atoms. The van der Waals surface area contributed by atoms with E-state index in [0.29, 0.717) is 16.3 Å². The van der Waals surface area contributed by atoms with Gasteiger partial charge >= 0.3 is 0 Å². The summed E-state index contributed by atoms with van der Waals surface area (Å²) in [7, 11) is -3.94. The minimum atomic E-state index is -3.94. The highest BCUT2D eigenvalue weighted by atomic mass is 35.5. The highest BCUT2D eigenvalue weighted by molar-refractivity contribution is 7.94. The third kappa shape index (κ3) is 4.18. The zero-order chi connectivity index (χ0) is 18.7. The lowest BCUT2D eigenvalue weighted by Crippen LogP contribution is -2.12. The topological polar surface area (TPSA) is 101 Å². The summed E-state index contributed by atoms with van der Waals surface area (Å²) in [5, 5.41) is 10.4. The highest BCUT2D eigenvalue weighted by Crippen LogP contribution is 2.25. The Balaban J connectivity index is 1.75. The van der Waals surface area contributed by atoms with Crippen molar-refractivity contribution in [3.05, 3.63) is 64.7 Å². The lowest BCUT2D eigenvalue weighted by molar-refractivity contribution is 0.102. The molecule has 0 spiro atoms. The van der Waals surface area contributed by atoms with Gasteiger partial charge in [0.25, 0.3) is 20.3 Å². The number of aryl methyl sites for hydroxylation is 1. The van der Waals surface area contributed by atoms with Crippen molar-refractivity contribution in [3.63, 3.8) is 0 Å². The molecule has 0 unspecified atom stereocenters. The number of hydrogen-bond acceptors (Lipinski definition) is 6. The zero-order valence-corrected chi connectivity index (χ0v) is 15.8. The molecule has 3 rings (SSSR count). The number of nitrogens with zero attached hydrogens (tertiary/aromatic N) is 2. The minimum absolute atomic E-state index is 0.0844. The molecule has 0 fully saturated rings. The van der Waals surface area contributed by atoms with Crippen molar-refractivity contribution in [2.45, 2.75) is 11.3 Å². The van der Waals surface area contributed by atoms with Gasteiger partial charge in [-0.25, -0.2) is 0 Å². The summed E-state index contributed by atoms with van der Waals surface area (Å²) in [6.07, 6.45) is 0. The molecule has 0 radical (unpaired) electrons. The van der Waals surface area contributed by atoms with Crippen molar-refractivity contribution in [2.24, 2.45) is 0 Å². The van der Waals surface area contributed by atoms with E-state index >= 15 is 0 Å². The molecule has 0 saturated heterocycles. The number of aromatic nitrogens is 2. The average Bonchev–Trinajstić information content (AvgIpc) is 3.08. The third-order valence-electron chi connectivity index (χ3n) is 3.32. The Morgan fingerprint density at radius 2 is 1.85 bits per heavy atom. The number of hydrogen-bond donors (Lipinski definition) is 2. The van der Waals surface area contributed by atoms with Crippen molar-refractivity contribution in [3.8, 4) is 0 Å². The standard InChI is InChI=1S/C16H13ClN4O3S2/c1-10-7-8-12(9-13(10)17)21-26(23,24)16-20-19-15(25-16)18-14(22)11-5-3-2-4-6-11/h2-9,21H,1H3,(H,18,19,22). The Morgan fingerprint density at radius 1 is 1.12 bits per heavy atom. The van der Waals surface area contributed by atoms with E-state index in [-0.39, 0.29) is 9.47 Å². The molecule has 2 aromatic carbocycles. The van der Waals surface area contributed by atoms with Crippen LogP contribution in [0.4, 0.5) is 10.8 Å². The fraction of sp³-hybridized carbons (Fsp3) is 0.0625. The van der Waals surface area contributed by atoms with Crippen LogP contribution in [-0.4, -0.2) is 24.5 Å². The predicted molar refractivity (Wildman–Crippen MR) is 101 cm³/mol. The van der Waals surface area contributed by atoms with E-state index in [1.165, 1.54) is 6.07 Å². The van der Waals surface area contributed by atoms with Gasteiger partial charge in [0.1, 0.15) is 0 Å². The Morgan fingerprint density at radius 3 is 2.54 bits per heavy atom. The maximum Gasteiger partial charge on any atom is 0.291 e. The molecule has 2 N–H and O–H groups in total. The number of carbonyl (C=O) groups excluding carboxylic acids is 1. The molecule has 10 heteroatoms. The number of halogens is 1. The van der Waals surface area contributed by atoms with Crippen molar-refractivity contribution in [1.29, 1.82) is 0 Å². The van der Waals surface area contributed by atoms with E-state index < -0.39 is 15.9 Å². The molecule has 0 saturated carbocycles. The van der Waals surface area contributed by atoms with Crippen LogP contribution in [0.2, 0.25) is 5.02 Å². The zero-order valence-electron chi connectivity index (χ0n) is 13.4. The molecule has 0 aliphatic rings. The van der Waals surface area contributed by atoms with Crippen molar-refractivity contribution in [2.75, 3.05) is 10.0 Å². The maximum absolute atomic E-state index is 12.4. The summed E-state index contributed by atoms with van der Waals surface area (Å²) in [5.74, 6) is -0.399. The van der Waals surface area contributed by atoms with E-state index in [9.17, 15) is 13.2 Å². The largest absolute Gasteiger partial charge is 0.296 e. The molecule has 3 aromatic rings. The number of amides is 1. The van der Waals surface area contributed by atoms with Gasteiger partial charge in [-0.2, -0.15) is 8.42 Å². The number of rotatable bonds is 5. The van der Waals surface area contributed by atoms with E-state index in [2.05, 4.69) is 20.2 Å². The second-order valence-electron chi connectivity index (χ2n) is 5.26. The SMILES string of the molecule is Cc1ccc(NS(=O)(=O)c2nnc(NC(=O)c3ccccc3)s2)cc1Cl. The van der Waals surface area contributed by atoms with Gasteiger partial charge in [0.05, 0.1) is 5.69 Å². The van der Waals surface area contributed by atoms with E-state index in [1.54, 1.807) is 42.5 Å². The summed E-state index contributed by atoms with van der Waals surface area (Å²) in [6, 6.07) is 13.3. The minimum Gasteiger partial charge on any atom is -0.296 e. The summed E-state index contributed by atoms with van der Waals surface area (Å²) in [5.41, 5.74) is 1.57. The first-order chi connectivity index (χ1) is 12.3. The van der Waals surface area contributed by atoms with Gasteiger partial charge in [-0.15, -0.1) is 10.2 Å². The Bertz CT molecular complexity index is 1050. The van der Waals surface area contributed by atoms with Crippen LogP contribution in [0.25, 0.3) is 0 Å². The molecular formula is C16H13ClN4O3S2. The molecule has 0 aliphatic heterocycles. The summed E-state index contributed by atoms with van der Waals surface area (Å²) >= 11 is 6.75. The van der Waals surface area contributed by atoms with Gasteiger partial charge in [0.15, 0.2) is 0 Å². The third-order valence-corrected chi connectivity index (χ3v) is 6.31. The smallest absolute Gasteiger partial charge is 0.291 e. The number of sulfonamides is 1. The molecule has 7 nitrogen and oxygen atoms in total. The molecule has 0 aliphatic carbocycles. The first-order valence-corrected chi connectivity index (χ1v) is 10.0. The quantitative estimate of drug-likeness (QED) is 0.628. The predicted octanol–water partition coefficient (Wildman–Crippen LogP) is 3.55. The van der Waals surface area contributed by atoms with Crippen LogP contribution in [0.1, 0.15) is 15.9 Å². The molecule has 0 bridgehead atoms. The Labute approximate surface area is 159 Å². The molecule has 1 aromatic heterocycles. The molecule has 1 amide bonds. The van der Waals surface area contributed by atoms with Gasteiger partial charge in [0, 0.05) is 10.6 Å². The number of carbonyl (C=O) groups is 1. The van der Waals surface area contributed by atoms with Gasteiger partial charge in [-0.1, -0.05) is 47.2 Å². The van der Waals surface area contributed by atoms with Gasteiger partial charge in [0.2, 0.25) is 5.13 Å². The van der Waals surface area contributed by atoms with E-state index in [0.717, 1.165) is 16.9 Å². The van der Waals surface area contributed by atoms with Crippen LogP contribution in [0.15, 0.2) is 52.9 Å². The Hall–Kier alpha value is -2.49. The monoisotopic (exact) mass is 408 g/mol. The fourth-order valence-electron chi connectivity index (χ4n) is 1.98. The first kappa shape index (κ1) is 18.3.